The van der Waals surface area contributed by atoms with Crippen molar-refractivity contribution in [3.8, 4) is 0 Å². The van der Waals surface area contributed by atoms with Crippen molar-refractivity contribution < 1.29 is 9.59 Å². The minimum atomic E-state index is -0.596. The van der Waals surface area contributed by atoms with Gasteiger partial charge in [0.05, 0.1) is 6.54 Å². The minimum absolute atomic E-state index is 0.210. The molecule has 0 radical (unpaired) electrons. The maximum atomic E-state index is 12.1. The van der Waals surface area contributed by atoms with E-state index < -0.39 is 5.91 Å². The third-order valence-corrected chi connectivity index (χ3v) is 3.79. The molecule has 0 bridgehead atoms. The molecule has 4 N–H and O–H groups in total. The maximum absolute atomic E-state index is 12.1. The first-order valence-electron chi connectivity index (χ1n) is 7.33. The number of aryl methyl sites for hydroxylation is 1. The minimum Gasteiger partial charge on any atom is -0.364 e. The lowest BCUT2D eigenvalue weighted by Gasteiger charge is -2.07. The molecule has 1 aliphatic heterocycles. The predicted molar refractivity (Wildman–Crippen MR) is 78.1 cm³/mol. The highest BCUT2D eigenvalue weighted by atomic mass is 16.2. The lowest BCUT2D eigenvalue weighted by molar-refractivity contribution is 0.0945. The molecule has 0 unspecified atom stereocenters. The summed E-state index contributed by atoms with van der Waals surface area (Å²) in [6.07, 6.45) is 4.35. The largest absolute Gasteiger partial charge is 0.364 e. The van der Waals surface area contributed by atoms with Gasteiger partial charge in [-0.1, -0.05) is 6.42 Å². The third kappa shape index (κ3) is 2.85. The number of nitrogens with one attached hydrogen (secondary N) is 2. The number of hydrogen-bond donors (Lipinski definition) is 3. The van der Waals surface area contributed by atoms with Crippen LogP contribution in [0.15, 0.2) is 12.1 Å². The highest BCUT2D eigenvalue weighted by Crippen LogP contribution is 2.14. The van der Waals surface area contributed by atoms with Crippen molar-refractivity contribution in [2.75, 3.05) is 0 Å². The van der Waals surface area contributed by atoms with Crippen LogP contribution in [0.5, 0.6) is 0 Å². The second kappa shape index (κ2) is 6.00. The summed E-state index contributed by atoms with van der Waals surface area (Å²) in [6, 6.07) is 3.01. The van der Waals surface area contributed by atoms with E-state index in [9.17, 15) is 9.59 Å². The van der Waals surface area contributed by atoms with Crippen LogP contribution in [0.2, 0.25) is 0 Å². The van der Waals surface area contributed by atoms with E-state index in [0.717, 1.165) is 37.5 Å². The molecule has 2 aromatic heterocycles. The van der Waals surface area contributed by atoms with Gasteiger partial charge in [-0.15, -0.1) is 10.2 Å². The van der Waals surface area contributed by atoms with Crippen molar-refractivity contribution in [2.45, 2.75) is 38.8 Å². The third-order valence-electron chi connectivity index (χ3n) is 3.79. The molecular weight excluding hydrogens is 284 g/mol. The average molecular weight is 302 g/mol. The van der Waals surface area contributed by atoms with Crippen LogP contribution < -0.4 is 11.1 Å². The number of nitrogens with two attached hydrogens (primary N) is 1. The zero-order valence-electron chi connectivity index (χ0n) is 12.1. The van der Waals surface area contributed by atoms with E-state index >= 15 is 0 Å². The van der Waals surface area contributed by atoms with Gasteiger partial charge in [0.25, 0.3) is 11.8 Å². The second-order valence-electron chi connectivity index (χ2n) is 5.33. The van der Waals surface area contributed by atoms with Crippen molar-refractivity contribution in [1.82, 2.24) is 25.1 Å². The first-order chi connectivity index (χ1) is 10.6. The molecular formula is C14H18N6O2. The van der Waals surface area contributed by atoms with Crippen molar-refractivity contribution in [2.24, 2.45) is 5.73 Å². The van der Waals surface area contributed by atoms with Gasteiger partial charge in [-0.2, -0.15) is 0 Å². The summed E-state index contributed by atoms with van der Waals surface area (Å²) >= 11 is 0. The van der Waals surface area contributed by atoms with E-state index in [1.165, 1.54) is 18.6 Å². The number of nitrogens with zero attached hydrogens (tertiary/aromatic N) is 3. The number of aromatic amines is 1. The number of fused-ring (bicyclic) bond motifs is 1. The number of amides is 2. The van der Waals surface area contributed by atoms with E-state index in [4.69, 9.17) is 5.73 Å². The average Bonchev–Trinajstić information content (AvgIpc) is 3.07. The fourth-order valence-electron chi connectivity index (χ4n) is 2.60. The SMILES string of the molecule is NC(=O)c1ccc(C(=O)NCc2nnc3n2CCCCC3)[nH]1. The standard InChI is InChI=1S/C14H18N6O2/c15-13(21)9-5-6-10(17-9)14(22)16-8-12-19-18-11-4-2-1-3-7-20(11)12/h5-6,17H,1-4,7-8H2,(H2,15,21)(H,16,22). The van der Waals surface area contributed by atoms with Gasteiger partial charge >= 0.3 is 0 Å². The molecule has 3 heterocycles. The Morgan fingerprint density at radius 3 is 2.82 bits per heavy atom. The van der Waals surface area contributed by atoms with Gasteiger partial charge in [0, 0.05) is 13.0 Å². The molecule has 116 valence electrons. The summed E-state index contributed by atoms with van der Waals surface area (Å²) in [5, 5.41) is 11.1. The number of carbonyl (C=O) groups is 2. The Kier molecular flexibility index (Phi) is 3.90. The maximum Gasteiger partial charge on any atom is 0.268 e. The van der Waals surface area contributed by atoms with Crippen LogP contribution in [-0.4, -0.2) is 31.6 Å². The molecule has 0 spiro atoms. The Bertz CT molecular complexity index is 702. The number of aromatic nitrogens is 4. The quantitative estimate of drug-likeness (QED) is 0.755. The number of hydrogen-bond acceptors (Lipinski definition) is 4. The molecule has 0 fully saturated rings. The Hall–Kier alpha value is -2.64. The highest BCUT2D eigenvalue weighted by Gasteiger charge is 2.16. The van der Waals surface area contributed by atoms with Gasteiger partial charge in [0.2, 0.25) is 0 Å². The highest BCUT2D eigenvalue weighted by molar-refractivity contribution is 5.96. The van der Waals surface area contributed by atoms with Crippen molar-refractivity contribution in [1.29, 1.82) is 0 Å². The Morgan fingerprint density at radius 1 is 1.23 bits per heavy atom. The molecule has 1 aliphatic rings. The summed E-state index contributed by atoms with van der Waals surface area (Å²) in [5.74, 6) is 0.838. The fraction of sp³-hybridized carbons (Fsp3) is 0.429. The van der Waals surface area contributed by atoms with Gasteiger partial charge < -0.3 is 20.6 Å². The van der Waals surface area contributed by atoms with Crippen molar-refractivity contribution in [3.63, 3.8) is 0 Å². The van der Waals surface area contributed by atoms with E-state index in [-0.39, 0.29) is 11.6 Å². The normalized spacial score (nSPS) is 14.2. The number of rotatable bonds is 4. The van der Waals surface area contributed by atoms with Crippen molar-refractivity contribution in [3.05, 3.63) is 35.2 Å². The smallest absolute Gasteiger partial charge is 0.268 e. The fourth-order valence-corrected chi connectivity index (χ4v) is 2.60. The van der Waals surface area contributed by atoms with Crippen LogP contribution in [0.3, 0.4) is 0 Å². The van der Waals surface area contributed by atoms with Crippen LogP contribution in [0.4, 0.5) is 0 Å². The lowest BCUT2D eigenvalue weighted by Crippen LogP contribution is -2.25. The van der Waals surface area contributed by atoms with Gasteiger partial charge in [0.1, 0.15) is 17.2 Å². The molecule has 0 aromatic carbocycles. The number of H-pyrrole nitrogens is 1. The topological polar surface area (TPSA) is 119 Å². The van der Waals surface area contributed by atoms with Crippen LogP contribution in [-0.2, 0) is 19.5 Å². The van der Waals surface area contributed by atoms with Gasteiger partial charge in [-0.25, -0.2) is 0 Å². The van der Waals surface area contributed by atoms with E-state index in [1.807, 2.05) is 0 Å². The molecule has 8 heteroatoms. The first kappa shape index (κ1) is 14.3. The molecule has 2 aromatic rings. The van der Waals surface area contributed by atoms with Gasteiger partial charge in [0.15, 0.2) is 5.82 Å². The number of primary amides is 1. The van der Waals surface area contributed by atoms with Crippen molar-refractivity contribution >= 4 is 11.8 Å². The molecule has 0 atom stereocenters. The monoisotopic (exact) mass is 302 g/mol. The zero-order chi connectivity index (χ0) is 15.5. The van der Waals surface area contributed by atoms with E-state index in [2.05, 4.69) is 25.1 Å². The second-order valence-corrected chi connectivity index (χ2v) is 5.33. The van der Waals surface area contributed by atoms with Gasteiger partial charge in [-0.3, -0.25) is 9.59 Å². The zero-order valence-corrected chi connectivity index (χ0v) is 12.1. The molecule has 0 saturated carbocycles. The predicted octanol–water partition coefficient (Wildman–Crippen LogP) is 0.361. The summed E-state index contributed by atoms with van der Waals surface area (Å²) in [7, 11) is 0. The summed E-state index contributed by atoms with van der Waals surface area (Å²) < 4.78 is 2.08. The summed E-state index contributed by atoms with van der Waals surface area (Å²) in [5.41, 5.74) is 5.65. The lowest BCUT2D eigenvalue weighted by atomic mass is 10.2. The van der Waals surface area contributed by atoms with Crippen LogP contribution in [0.1, 0.15) is 51.9 Å². The van der Waals surface area contributed by atoms with Gasteiger partial charge in [-0.05, 0) is 25.0 Å². The molecule has 22 heavy (non-hydrogen) atoms. The van der Waals surface area contributed by atoms with E-state index in [1.54, 1.807) is 0 Å². The van der Waals surface area contributed by atoms with Crippen LogP contribution in [0.25, 0.3) is 0 Å². The Morgan fingerprint density at radius 2 is 2.05 bits per heavy atom. The van der Waals surface area contributed by atoms with Crippen LogP contribution >= 0.6 is 0 Å². The summed E-state index contributed by atoms with van der Waals surface area (Å²) in [4.78, 5) is 25.8. The molecule has 8 nitrogen and oxygen atoms in total. The number of carbonyl (C=O) groups excluding carboxylic acids is 2. The summed E-state index contributed by atoms with van der Waals surface area (Å²) in [6.45, 7) is 1.19. The van der Waals surface area contributed by atoms with Crippen LogP contribution in [0, 0.1) is 0 Å². The van der Waals surface area contributed by atoms with E-state index in [0.29, 0.717) is 12.2 Å². The molecule has 3 rings (SSSR count). The Labute approximate surface area is 127 Å². The molecule has 0 saturated heterocycles. The first-order valence-corrected chi connectivity index (χ1v) is 7.33. The Balaban J connectivity index is 1.66. The molecule has 0 aliphatic carbocycles. The molecule has 2 amide bonds.